The van der Waals surface area contributed by atoms with Crippen LogP contribution in [0.4, 0.5) is 4.79 Å². The van der Waals surface area contributed by atoms with Gasteiger partial charge in [-0.3, -0.25) is 14.4 Å². The Morgan fingerprint density at radius 1 is 1.07 bits per heavy atom. The first-order chi connectivity index (χ1) is 19.3. The molecule has 4 unspecified atom stereocenters. The molecule has 4 N–H and O–H groups in total. The van der Waals surface area contributed by atoms with Crippen molar-refractivity contribution in [2.45, 2.75) is 91.2 Å². The number of carbonyl (C=O) groups excluding carboxylic acids is 5. The molecule has 4 amide bonds. The fourth-order valence-corrected chi connectivity index (χ4v) is 3.95. The molecule has 1 saturated heterocycles. The van der Waals surface area contributed by atoms with Gasteiger partial charge in [0.2, 0.25) is 17.7 Å². The van der Waals surface area contributed by atoms with E-state index in [1.165, 1.54) is 13.5 Å². The summed E-state index contributed by atoms with van der Waals surface area (Å²) in [4.78, 5) is 62.1. The van der Waals surface area contributed by atoms with Crippen LogP contribution in [0, 0.1) is 5.92 Å². The molecule has 1 aromatic carbocycles. The number of hydrogen-bond acceptors (Lipinski definition) is 8. The lowest BCUT2D eigenvalue weighted by Gasteiger charge is -2.30. The first kappa shape index (κ1) is 35.4. The molecule has 0 saturated carbocycles. The van der Waals surface area contributed by atoms with Crippen molar-refractivity contribution in [3.05, 3.63) is 35.9 Å². The second kappa shape index (κ2) is 17.9. The molecule has 1 fully saturated rings. The largest absolute Gasteiger partial charge is 0.467 e. The van der Waals surface area contributed by atoms with Gasteiger partial charge in [-0.1, -0.05) is 50.6 Å². The van der Waals surface area contributed by atoms with Crippen LogP contribution in [0.5, 0.6) is 0 Å². The highest BCUT2D eigenvalue weighted by atomic mass is 16.6. The lowest BCUT2D eigenvalue weighted by molar-refractivity contribution is -0.145. The third-order valence-electron chi connectivity index (χ3n) is 5.70. The lowest BCUT2D eigenvalue weighted by atomic mass is 9.98. The number of benzene rings is 1. The minimum Gasteiger partial charge on any atom is -0.467 e. The van der Waals surface area contributed by atoms with E-state index in [2.05, 4.69) is 35.1 Å². The Labute approximate surface area is 242 Å². The predicted octanol–water partition coefficient (Wildman–Crippen LogP) is 2.20. The highest BCUT2D eigenvalue weighted by Crippen LogP contribution is 2.17. The van der Waals surface area contributed by atoms with Crippen LogP contribution in [-0.4, -0.2) is 73.8 Å². The molecule has 2 rings (SSSR count). The Morgan fingerprint density at radius 3 is 2.24 bits per heavy atom. The number of carbonyl (C=O) groups is 5. The summed E-state index contributed by atoms with van der Waals surface area (Å²) in [6, 6.07) is 6.82. The quantitative estimate of drug-likeness (QED) is 0.275. The number of amides is 4. The van der Waals surface area contributed by atoms with E-state index in [1.807, 2.05) is 18.2 Å². The Kier molecular flexibility index (Phi) is 15.4. The molecule has 12 nitrogen and oxygen atoms in total. The van der Waals surface area contributed by atoms with Crippen LogP contribution >= 0.6 is 0 Å². The SMILES string of the molecule is CCC.COC(=O)C(CC1CCNC1=O)NC(=O)CNC(=O)C(NC(=O)OCc1ccccc1)C(C)OC(C)(C)C. The zero-order chi connectivity index (χ0) is 31.0. The fourth-order valence-electron chi connectivity index (χ4n) is 3.95. The number of alkyl carbamates (subject to hydrolysis) is 1. The molecule has 0 aliphatic carbocycles. The summed E-state index contributed by atoms with van der Waals surface area (Å²) in [5.74, 6) is -2.67. The van der Waals surface area contributed by atoms with E-state index in [4.69, 9.17) is 14.2 Å². The molecule has 12 heteroatoms. The summed E-state index contributed by atoms with van der Waals surface area (Å²) in [7, 11) is 1.18. The van der Waals surface area contributed by atoms with Gasteiger partial charge >= 0.3 is 12.1 Å². The maximum Gasteiger partial charge on any atom is 0.408 e. The van der Waals surface area contributed by atoms with Gasteiger partial charge in [0, 0.05) is 12.5 Å². The third-order valence-corrected chi connectivity index (χ3v) is 5.70. The molecule has 0 radical (unpaired) electrons. The minimum absolute atomic E-state index is 0.00581. The van der Waals surface area contributed by atoms with E-state index < -0.39 is 60.1 Å². The zero-order valence-corrected chi connectivity index (χ0v) is 25.2. The topological polar surface area (TPSA) is 161 Å². The molecule has 1 heterocycles. The summed E-state index contributed by atoms with van der Waals surface area (Å²) in [6.07, 6.45) is 0.263. The number of methoxy groups -OCH3 is 1. The standard InChI is InChI=1S/C26H38N4O8.C3H8/c1-16(38-26(2,3)4)21(30-25(35)37-15-17-9-7-6-8-10-17)23(33)28-14-20(31)29-19(24(34)36-5)13-18-11-12-27-22(18)32;1-3-2/h6-10,16,18-19,21H,11-15H2,1-5H3,(H,27,32)(H,28,33)(H,29,31)(H,30,35);3H2,1-2H3. The molecule has 4 atom stereocenters. The Hall–Kier alpha value is -3.67. The summed E-state index contributed by atoms with van der Waals surface area (Å²) >= 11 is 0. The van der Waals surface area contributed by atoms with Crippen LogP contribution < -0.4 is 21.3 Å². The number of ether oxygens (including phenoxy) is 3. The molecule has 0 bridgehead atoms. The monoisotopic (exact) mass is 578 g/mol. The van der Waals surface area contributed by atoms with Crippen molar-refractivity contribution >= 4 is 29.8 Å². The van der Waals surface area contributed by atoms with E-state index in [0.29, 0.717) is 13.0 Å². The first-order valence-electron chi connectivity index (χ1n) is 13.9. The molecule has 1 aliphatic rings. The van der Waals surface area contributed by atoms with E-state index in [-0.39, 0.29) is 18.9 Å². The van der Waals surface area contributed by atoms with Crippen LogP contribution in [0.15, 0.2) is 30.3 Å². The average Bonchev–Trinajstić information content (AvgIpc) is 3.32. The summed E-state index contributed by atoms with van der Waals surface area (Å²) in [6.45, 7) is 11.3. The molecular weight excluding hydrogens is 532 g/mol. The number of hydrogen-bond donors (Lipinski definition) is 4. The van der Waals surface area contributed by atoms with Crippen LogP contribution in [0.25, 0.3) is 0 Å². The molecule has 0 spiro atoms. The maximum absolute atomic E-state index is 13.0. The molecule has 41 heavy (non-hydrogen) atoms. The highest BCUT2D eigenvalue weighted by Gasteiger charge is 2.33. The van der Waals surface area contributed by atoms with E-state index >= 15 is 0 Å². The second-order valence-corrected chi connectivity index (χ2v) is 10.7. The Balaban J connectivity index is 0.00000268. The zero-order valence-electron chi connectivity index (χ0n) is 25.2. The minimum atomic E-state index is -1.18. The number of rotatable bonds is 12. The third kappa shape index (κ3) is 14.0. The second-order valence-electron chi connectivity index (χ2n) is 10.7. The van der Waals surface area contributed by atoms with Gasteiger partial charge in [0.15, 0.2) is 0 Å². The van der Waals surface area contributed by atoms with Crippen molar-refractivity contribution in [1.29, 1.82) is 0 Å². The van der Waals surface area contributed by atoms with Gasteiger partial charge in [0.1, 0.15) is 18.7 Å². The number of nitrogens with one attached hydrogen (secondary N) is 4. The lowest BCUT2D eigenvalue weighted by Crippen LogP contribution is -2.56. The molecule has 1 aromatic rings. The van der Waals surface area contributed by atoms with Crippen molar-refractivity contribution in [3.63, 3.8) is 0 Å². The normalized spacial score (nSPS) is 16.6. The average molecular weight is 579 g/mol. The van der Waals surface area contributed by atoms with Crippen LogP contribution in [0.2, 0.25) is 0 Å². The van der Waals surface area contributed by atoms with Gasteiger partial charge in [-0.05, 0) is 46.1 Å². The molecule has 1 aliphatic heterocycles. The van der Waals surface area contributed by atoms with E-state index in [1.54, 1.807) is 39.8 Å². The molecule has 0 aromatic heterocycles. The van der Waals surface area contributed by atoms with Gasteiger partial charge < -0.3 is 35.5 Å². The van der Waals surface area contributed by atoms with E-state index in [0.717, 1.165) is 5.56 Å². The van der Waals surface area contributed by atoms with Crippen molar-refractivity contribution in [1.82, 2.24) is 21.3 Å². The Bertz CT molecular complexity index is 996. The summed E-state index contributed by atoms with van der Waals surface area (Å²) in [5, 5.41) is 10.2. The smallest absolute Gasteiger partial charge is 0.408 e. The molecular formula is C29H46N4O8. The van der Waals surface area contributed by atoms with Crippen molar-refractivity contribution in [3.8, 4) is 0 Å². The summed E-state index contributed by atoms with van der Waals surface area (Å²) < 4.78 is 15.8. The van der Waals surface area contributed by atoms with Crippen LogP contribution in [-0.2, 0) is 40.0 Å². The first-order valence-corrected chi connectivity index (χ1v) is 13.9. The van der Waals surface area contributed by atoms with Crippen molar-refractivity contribution in [2.75, 3.05) is 20.2 Å². The van der Waals surface area contributed by atoms with Gasteiger partial charge in [-0.15, -0.1) is 0 Å². The van der Waals surface area contributed by atoms with Gasteiger partial charge in [-0.2, -0.15) is 0 Å². The van der Waals surface area contributed by atoms with E-state index in [9.17, 15) is 24.0 Å². The van der Waals surface area contributed by atoms with Crippen molar-refractivity contribution < 1.29 is 38.2 Å². The summed E-state index contributed by atoms with van der Waals surface area (Å²) in [5.41, 5.74) is 0.153. The fraction of sp³-hybridized carbons (Fsp3) is 0.621. The predicted molar refractivity (Wildman–Crippen MR) is 153 cm³/mol. The highest BCUT2D eigenvalue weighted by molar-refractivity contribution is 5.91. The number of esters is 1. The van der Waals surface area contributed by atoms with Gasteiger partial charge in [-0.25, -0.2) is 9.59 Å². The van der Waals surface area contributed by atoms with Crippen LogP contribution in [0.1, 0.15) is 66.4 Å². The Morgan fingerprint density at radius 2 is 1.71 bits per heavy atom. The molecule has 230 valence electrons. The van der Waals surface area contributed by atoms with Gasteiger partial charge in [0.25, 0.3) is 0 Å². The van der Waals surface area contributed by atoms with Gasteiger partial charge in [0.05, 0.1) is 25.4 Å². The maximum atomic E-state index is 13.0. The van der Waals surface area contributed by atoms with Crippen LogP contribution in [0.3, 0.4) is 0 Å². The van der Waals surface area contributed by atoms with Crippen molar-refractivity contribution in [2.24, 2.45) is 5.92 Å².